The molecule has 0 radical (unpaired) electrons. The Hall–Kier alpha value is -3.76. The van der Waals surface area contributed by atoms with Gasteiger partial charge in [0.25, 0.3) is 5.56 Å². The van der Waals surface area contributed by atoms with E-state index in [1.807, 2.05) is 25.1 Å². The summed E-state index contributed by atoms with van der Waals surface area (Å²) in [4.78, 5) is 44.4. The lowest BCUT2D eigenvalue weighted by Gasteiger charge is -2.34. The molecule has 37 heavy (non-hydrogen) atoms. The quantitative estimate of drug-likeness (QED) is 0.334. The minimum absolute atomic E-state index is 0.173. The van der Waals surface area contributed by atoms with Crippen molar-refractivity contribution >= 4 is 27.9 Å². The van der Waals surface area contributed by atoms with E-state index in [0.29, 0.717) is 42.2 Å². The molecule has 5 rings (SSSR count). The monoisotopic (exact) mass is 504 g/mol. The number of imidazole rings is 1. The van der Waals surface area contributed by atoms with Crippen LogP contribution < -0.4 is 10.3 Å². The van der Waals surface area contributed by atoms with Crippen molar-refractivity contribution < 1.29 is 14.3 Å². The molecule has 0 unspecified atom stereocenters. The Labute approximate surface area is 214 Å². The number of hydrogen-bond donors (Lipinski definition) is 2. The summed E-state index contributed by atoms with van der Waals surface area (Å²) in [7, 11) is 0. The third-order valence-corrected chi connectivity index (χ3v) is 6.54. The molecule has 2 N–H and O–H groups in total. The van der Waals surface area contributed by atoms with Crippen molar-refractivity contribution in [1.82, 2.24) is 29.7 Å². The molecule has 1 aliphatic heterocycles. The second-order valence-electron chi connectivity index (χ2n) is 9.24. The van der Waals surface area contributed by atoms with Crippen molar-refractivity contribution in [3.8, 4) is 17.1 Å². The highest BCUT2D eigenvalue weighted by molar-refractivity contribution is 5.93. The van der Waals surface area contributed by atoms with Crippen molar-refractivity contribution in [2.75, 3.05) is 45.9 Å². The normalized spacial score (nSPS) is 14.9. The van der Waals surface area contributed by atoms with Crippen molar-refractivity contribution in [3.63, 3.8) is 0 Å². The van der Waals surface area contributed by atoms with Crippen LogP contribution in [0.3, 0.4) is 0 Å². The summed E-state index contributed by atoms with van der Waals surface area (Å²) in [5.41, 5.74) is 3.79. The van der Waals surface area contributed by atoms with Crippen LogP contribution in [0.4, 0.5) is 0 Å². The van der Waals surface area contributed by atoms with E-state index < -0.39 is 0 Å². The predicted octanol–water partition coefficient (Wildman–Crippen LogP) is 2.94. The number of hydrogen-bond acceptors (Lipinski definition) is 8. The molecule has 3 heterocycles. The number of carbonyl (C=O) groups is 1. The number of ether oxygens (including phenoxy) is 2. The first-order valence-electron chi connectivity index (χ1n) is 12.8. The van der Waals surface area contributed by atoms with Gasteiger partial charge in [-0.3, -0.25) is 19.4 Å². The van der Waals surface area contributed by atoms with Gasteiger partial charge in [-0.05, 0) is 43.2 Å². The van der Waals surface area contributed by atoms with Gasteiger partial charge in [0.05, 0.1) is 53.6 Å². The van der Waals surface area contributed by atoms with Gasteiger partial charge in [0, 0.05) is 32.7 Å². The number of H-pyrrole nitrogens is 2. The van der Waals surface area contributed by atoms with Gasteiger partial charge in [0.1, 0.15) is 11.6 Å². The maximum atomic E-state index is 13.0. The first-order chi connectivity index (χ1) is 18.0. The van der Waals surface area contributed by atoms with Crippen LogP contribution >= 0.6 is 0 Å². The Kier molecular flexibility index (Phi) is 7.47. The van der Waals surface area contributed by atoms with Crippen molar-refractivity contribution in [1.29, 1.82) is 0 Å². The average molecular weight is 505 g/mol. The Morgan fingerprint density at radius 2 is 1.86 bits per heavy atom. The smallest absolute Gasteiger partial charge is 0.320 e. The molecular formula is C27H32N6O4. The van der Waals surface area contributed by atoms with Gasteiger partial charge in [-0.25, -0.2) is 9.97 Å². The molecule has 0 spiro atoms. The molecule has 2 aromatic carbocycles. The highest BCUT2D eigenvalue weighted by Crippen LogP contribution is 2.30. The molecule has 4 aromatic rings. The number of esters is 1. The first-order valence-corrected chi connectivity index (χ1v) is 12.8. The number of rotatable bonds is 9. The van der Waals surface area contributed by atoms with E-state index >= 15 is 0 Å². The van der Waals surface area contributed by atoms with Gasteiger partial charge >= 0.3 is 5.97 Å². The van der Waals surface area contributed by atoms with Crippen LogP contribution in [0.1, 0.15) is 25.8 Å². The molecule has 194 valence electrons. The largest absolute Gasteiger partial charge is 0.493 e. The summed E-state index contributed by atoms with van der Waals surface area (Å²) in [6, 6.07) is 9.67. The molecule has 0 aliphatic carbocycles. The van der Waals surface area contributed by atoms with Crippen LogP contribution in [0.25, 0.3) is 33.3 Å². The maximum absolute atomic E-state index is 13.0. The van der Waals surface area contributed by atoms with E-state index in [-0.39, 0.29) is 11.5 Å². The first kappa shape index (κ1) is 24.9. The minimum atomic E-state index is -0.207. The minimum Gasteiger partial charge on any atom is -0.493 e. The molecule has 0 bridgehead atoms. The standard InChI is InChI=1S/C27H32N6O4/c1-3-11-37-24-6-5-18(15-32-7-9-33(10-8-32)16-25(34)36-4-2)12-20(24)26-30-21-14-23-22(28-17-29-23)13-19(21)27(35)31-26/h5-6,12-14,17H,3-4,7-11,15-16H2,1-2H3,(H,28,29)(H,30,31,35). The number of piperazine rings is 1. The Balaban J connectivity index is 1.39. The van der Waals surface area contributed by atoms with Gasteiger partial charge in [-0.2, -0.15) is 0 Å². The molecule has 10 nitrogen and oxygen atoms in total. The van der Waals surface area contributed by atoms with Crippen LogP contribution in [-0.4, -0.2) is 81.6 Å². The van der Waals surface area contributed by atoms with Gasteiger partial charge in [0.15, 0.2) is 0 Å². The van der Waals surface area contributed by atoms with E-state index in [0.717, 1.165) is 61.3 Å². The van der Waals surface area contributed by atoms with E-state index in [2.05, 4.69) is 37.7 Å². The van der Waals surface area contributed by atoms with Crippen LogP contribution in [0.2, 0.25) is 0 Å². The fourth-order valence-corrected chi connectivity index (χ4v) is 4.65. The number of fused-ring (bicyclic) bond motifs is 2. The third-order valence-electron chi connectivity index (χ3n) is 6.54. The third kappa shape index (κ3) is 5.65. The second kappa shape index (κ2) is 11.1. The summed E-state index contributed by atoms with van der Waals surface area (Å²) in [5.74, 6) is 0.987. The van der Waals surface area contributed by atoms with Gasteiger partial charge < -0.3 is 19.4 Å². The SMILES string of the molecule is CCCOc1ccc(CN2CCN(CC(=O)OCC)CC2)cc1-c1nc2cc3nc[nH]c3cc2c(=O)[nH]1. The second-order valence-corrected chi connectivity index (χ2v) is 9.24. The number of nitrogens with zero attached hydrogens (tertiary/aromatic N) is 4. The van der Waals surface area contributed by atoms with Gasteiger partial charge in [-0.15, -0.1) is 0 Å². The van der Waals surface area contributed by atoms with Crippen LogP contribution in [0.15, 0.2) is 41.5 Å². The summed E-state index contributed by atoms with van der Waals surface area (Å²) in [6.45, 7) is 9.27. The number of nitrogens with one attached hydrogen (secondary N) is 2. The average Bonchev–Trinajstić information content (AvgIpc) is 3.35. The molecule has 2 aromatic heterocycles. The molecule has 0 atom stereocenters. The Morgan fingerprint density at radius 1 is 1.05 bits per heavy atom. The summed E-state index contributed by atoms with van der Waals surface area (Å²) in [6.07, 6.45) is 2.48. The van der Waals surface area contributed by atoms with Crippen molar-refractivity contribution in [3.05, 3.63) is 52.6 Å². The topological polar surface area (TPSA) is 116 Å². The van der Waals surface area contributed by atoms with Gasteiger partial charge in [0.2, 0.25) is 0 Å². The predicted molar refractivity (Wildman–Crippen MR) is 142 cm³/mol. The highest BCUT2D eigenvalue weighted by atomic mass is 16.5. The van der Waals surface area contributed by atoms with Gasteiger partial charge in [-0.1, -0.05) is 13.0 Å². The molecule has 0 saturated carbocycles. The van der Waals surface area contributed by atoms with Crippen molar-refractivity contribution in [2.24, 2.45) is 0 Å². The van der Waals surface area contributed by atoms with E-state index in [1.165, 1.54) is 0 Å². The molecular weight excluding hydrogens is 472 g/mol. The van der Waals surface area contributed by atoms with E-state index in [9.17, 15) is 9.59 Å². The van der Waals surface area contributed by atoms with Crippen molar-refractivity contribution in [2.45, 2.75) is 26.8 Å². The molecule has 1 saturated heterocycles. The number of benzene rings is 2. The van der Waals surface area contributed by atoms with E-state index in [1.54, 1.807) is 12.4 Å². The Bertz CT molecular complexity index is 1450. The zero-order chi connectivity index (χ0) is 25.8. The number of aromatic nitrogens is 4. The van der Waals surface area contributed by atoms with E-state index in [4.69, 9.17) is 14.5 Å². The highest BCUT2D eigenvalue weighted by Gasteiger charge is 2.20. The molecule has 10 heteroatoms. The zero-order valence-electron chi connectivity index (χ0n) is 21.2. The molecule has 0 amide bonds. The fraction of sp³-hybridized carbons (Fsp3) is 0.407. The van der Waals surface area contributed by atoms with Crippen LogP contribution in [0, 0.1) is 0 Å². The zero-order valence-corrected chi connectivity index (χ0v) is 21.2. The Morgan fingerprint density at radius 3 is 2.65 bits per heavy atom. The lowest BCUT2D eigenvalue weighted by molar-refractivity contribution is -0.144. The molecule has 1 fully saturated rings. The summed E-state index contributed by atoms with van der Waals surface area (Å²) >= 11 is 0. The lowest BCUT2D eigenvalue weighted by atomic mass is 10.1. The molecule has 1 aliphatic rings. The fourth-order valence-electron chi connectivity index (χ4n) is 4.65. The van der Waals surface area contributed by atoms with Crippen LogP contribution in [0.5, 0.6) is 5.75 Å². The maximum Gasteiger partial charge on any atom is 0.320 e. The lowest BCUT2D eigenvalue weighted by Crippen LogP contribution is -2.47. The number of aromatic amines is 2. The van der Waals surface area contributed by atoms with Crippen LogP contribution in [-0.2, 0) is 16.1 Å². The summed E-state index contributed by atoms with van der Waals surface area (Å²) < 4.78 is 11.1. The number of carbonyl (C=O) groups excluding carboxylic acids is 1. The summed E-state index contributed by atoms with van der Waals surface area (Å²) in [5, 5.41) is 0.508.